The molecular weight excluding hydrogens is 227 g/mol. The molecule has 0 aliphatic rings. The lowest BCUT2D eigenvalue weighted by Crippen LogP contribution is -2.05. The van der Waals surface area contributed by atoms with E-state index < -0.39 is 18.5 Å². The van der Waals surface area contributed by atoms with Crippen molar-refractivity contribution in [1.29, 1.82) is 0 Å². The Morgan fingerprint density at radius 2 is 2.17 bits per heavy atom. The van der Waals surface area contributed by atoms with Crippen molar-refractivity contribution in [3.63, 3.8) is 0 Å². The number of aliphatic hydroxyl groups excluding tert-OH is 2. The highest BCUT2D eigenvalue weighted by Gasteiger charge is 2.14. The fourth-order valence-corrected chi connectivity index (χ4v) is 1.53. The van der Waals surface area contributed by atoms with Gasteiger partial charge in [0.25, 0.3) is 0 Å². The lowest BCUT2D eigenvalue weighted by Gasteiger charge is -2.10. The van der Waals surface area contributed by atoms with E-state index >= 15 is 0 Å². The fraction of sp³-hybridized carbons (Fsp3) is 0.250. The van der Waals surface area contributed by atoms with E-state index in [-0.39, 0.29) is 5.56 Å². The first-order valence-corrected chi connectivity index (χ1v) is 4.19. The molecule has 0 unspecified atom stereocenters. The Hall–Kier alpha value is -0.450. The molecule has 1 rings (SSSR count). The number of rotatable bonds is 2. The van der Waals surface area contributed by atoms with Crippen molar-refractivity contribution >= 4 is 15.9 Å². The number of hydrogen-bond acceptors (Lipinski definition) is 2. The van der Waals surface area contributed by atoms with Gasteiger partial charge in [0, 0.05) is 10.0 Å². The lowest BCUT2D eigenvalue weighted by molar-refractivity contribution is 0.0920. The van der Waals surface area contributed by atoms with Gasteiger partial charge >= 0.3 is 0 Å². The van der Waals surface area contributed by atoms with Crippen LogP contribution in [0.3, 0.4) is 0 Å². The topological polar surface area (TPSA) is 40.5 Å². The molecule has 0 saturated carbocycles. The fourth-order valence-electron chi connectivity index (χ4n) is 0.920. The van der Waals surface area contributed by atoms with Crippen LogP contribution in [0.15, 0.2) is 22.7 Å². The molecule has 1 aromatic rings. The molecular formula is C8H8BrFO2. The molecule has 2 nitrogen and oxygen atoms in total. The van der Waals surface area contributed by atoms with Crippen LogP contribution >= 0.6 is 15.9 Å². The largest absolute Gasteiger partial charge is 0.393 e. The van der Waals surface area contributed by atoms with E-state index in [4.69, 9.17) is 5.11 Å². The molecule has 0 amide bonds. The molecule has 66 valence electrons. The van der Waals surface area contributed by atoms with Crippen molar-refractivity contribution in [2.75, 3.05) is 6.61 Å². The van der Waals surface area contributed by atoms with Crippen molar-refractivity contribution < 1.29 is 14.6 Å². The monoisotopic (exact) mass is 234 g/mol. The second-order valence-corrected chi connectivity index (χ2v) is 3.19. The zero-order chi connectivity index (χ0) is 9.14. The summed E-state index contributed by atoms with van der Waals surface area (Å²) >= 11 is 3.08. The minimum absolute atomic E-state index is 0.0972. The van der Waals surface area contributed by atoms with Gasteiger partial charge in [-0.1, -0.05) is 22.0 Å². The predicted molar refractivity (Wildman–Crippen MR) is 46.1 cm³/mol. The van der Waals surface area contributed by atoms with E-state index in [1.165, 1.54) is 12.1 Å². The molecule has 0 aliphatic heterocycles. The maximum Gasteiger partial charge on any atom is 0.130 e. The molecule has 1 atom stereocenters. The molecule has 0 fully saturated rings. The minimum Gasteiger partial charge on any atom is -0.393 e. The van der Waals surface area contributed by atoms with Gasteiger partial charge in [0.05, 0.1) is 6.61 Å². The first-order chi connectivity index (χ1) is 5.66. The molecule has 0 aromatic heterocycles. The van der Waals surface area contributed by atoms with E-state index in [0.29, 0.717) is 4.47 Å². The Bertz CT molecular complexity index is 258. The summed E-state index contributed by atoms with van der Waals surface area (Å²) in [7, 11) is 0. The van der Waals surface area contributed by atoms with Crippen LogP contribution in [-0.4, -0.2) is 16.8 Å². The molecule has 0 spiro atoms. The molecule has 0 bridgehead atoms. The Balaban J connectivity index is 3.12. The van der Waals surface area contributed by atoms with Crippen molar-refractivity contribution in [2.45, 2.75) is 6.10 Å². The van der Waals surface area contributed by atoms with Crippen LogP contribution in [0.2, 0.25) is 0 Å². The van der Waals surface area contributed by atoms with Crippen molar-refractivity contribution in [3.8, 4) is 0 Å². The summed E-state index contributed by atoms with van der Waals surface area (Å²) in [6.45, 7) is -0.487. The standard InChI is InChI=1S/C8H8BrFO2/c9-5-2-1-3-6(10)8(5)7(12)4-11/h1-3,7,11-12H,4H2/t7-/m1/s1. The normalized spacial score (nSPS) is 13.0. The van der Waals surface area contributed by atoms with E-state index in [2.05, 4.69) is 15.9 Å². The molecule has 1 aromatic carbocycles. The molecule has 0 heterocycles. The van der Waals surface area contributed by atoms with Gasteiger partial charge in [0.15, 0.2) is 0 Å². The predicted octanol–water partition coefficient (Wildman–Crippen LogP) is 1.61. The quantitative estimate of drug-likeness (QED) is 0.817. The van der Waals surface area contributed by atoms with E-state index in [0.717, 1.165) is 0 Å². The summed E-state index contributed by atoms with van der Waals surface area (Å²) in [5.41, 5.74) is 0.0972. The number of aliphatic hydroxyl groups is 2. The molecule has 0 aliphatic carbocycles. The third-order valence-electron chi connectivity index (χ3n) is 1.51. The van der Waals surface area contributed by atoms with E-state index in [1.807, 2.05) is 0 Å². The zero-order valence-electron chi connectivity index (χ0n) is 6.17. The van der Waals surface area contributed by atoms with Gasteiger partial charge in [-0.05, 0) is 12.1 Å². The Morgan fingerprint density at radius 3 is 2.67 bits per heavy atom. The highest BCUT2D eigenvalue weighted by Crippen LogP contribution is 2.25. The van der Waals surface area contributed by atoms with Crippen LogP contribution in [-0.2, 0) is 0 Å². The molecule has 0 radical (unpaired) electrons. The summed E-state index contributed by atoms with van der Waals surface area (Å²) < 4.78 is 13.4. The number of halogens is 2. The Labute approximate surface area is 77.8 Å². The van der Waals surface area contributed by atoms with Crippen molar-refractivity contribution in [2.24, 2.45) is 0 Å². The van der Waals surface area contributed by atoms with Gasteiger partial charge in [-0.25, -0.2) is 4.39 Å². The Kier molecular flexibility index (Phi) is 3.20. The van der Waals surface area contributed by atoms with Crippen LogP contribution in [0, 0.1) is 5.82 Å². The van der Waals surface area contributed by atoms with E-state index in [1.54, 1.807) is 6.07 Å². The van der Waals surface area contributed by atoms with Crippen LogP contribution in [0.1, 0.15) is 11.7 Å². The maximum absolute atomic E-state index is 13.0. The second-order valence-electron chi connectivity index (χ2n) is 2.33. The van der Waals surface area contributed by atoms with Crippen molar-refractivity contribution in [1.82, 2.24) is 0 Å². The van der Waals surface area contributed by atoms with Gasteiger partial charge in [-0.15, -0.1) is 0 Å². The lowest BCUT2D eigenvalue weighted by atomic mass is 10.1. The number of benzene rings is 1. The van der Waals surface area contributed by atoms with Gasteiger partial charge in [-0.3, -0.25) is 0 Å². The van der Waals surface area contributed by atoms with Gasteiger partial charge in [-0.2, -0.15) is 0 Å². The summed E-state index contributed by atoms with van der Waals surface area (Å²) in [6, 6.07) is 4.36. The molecule has 0 saturated heterocycles. The summed E-state index contributed by atoms with van der Waals surface area (Å²) in [4.78, 5) is 0. The Morgan fingerprint density at radius 1 is 1.50 bits per heavy atom. The number of hydrogen-bond donors (Lipinski definition) is 2. The highest BCUT2D eigenvalue weighted by molar-refractivity contribution is 9.10. The third kappa shape index (κ3) is 1.83. The SMILES string of the molecule is OC[C@@H](O)c1c(F)cccc1Br. The van der Waals surface area contributed by atoms with E-state index in [9.17, 15) is 9.50 Å². The smallest absolute Gasteiger partial charge is 0.130 e. The minimum atomic E-state index is -1.17. The van der Waals surface area contributed by atoms with Crippen LogP contribution in [0.5, 0.6) is 0 Å². The maximum atomic E-state index is 13.0. The molecule has 2 N–H and O–H groups in total. The van der Waals surface area contributed by atoms with Gasteiger partial charge in [0.1, 0.15) is 11.9 Å². The van der Waals surface area contributed by atoms with Crippen LogP contribution in [0.25, 0.3) is 0 Å². The van der Waals surface area contributed by atoms with Crippen LogP contribution in [0.4, 0.5) is 4.39 Å². The first kappa shape index (κ1) is 9.64. The average molecular weight is 235 g/mol. The molecule has 12 heavy (non-hydrogen) atoms. The highest BCUT2D eigenvalue weighted by atomic mass is 79.9. The zero-order valence-corrected chi connectivity index (χ0v) is 7.75. The first-order valence-electron chi connectivity index (χ1n) is 3.39. The van der Waals surface area contributed by atoms with Crippen LogP contribution < -0.4 is 0 Å². The second kappa shape index (κ2) is 3.98. The summed E-state index contributed by atoms with van der Waals surface area (Å²) in [5, 5.41) is 17.8. The summed E-state index contributed by atoms with van der Waals surface area (Å²) in [5.74, 6) is -0.522. The summed E-state index contributed by atoms with van der Waals surface area (Å²) in [6.07, 6.45) is -1.17. The van der Waals surface area contributed by atoms with Gasteiger partial charge < -0.3 is 10.2 Å². The third-order valence-corrected chi connectivity index (χ3v) is 2.20. The van der Waals surface area contributed by atoms with Crippen molar-refractivity contribution in [3.05, 3.63) is 34.1 Å². The van der Waals surface area contributed by atoms with Gasteiger partial charge in [0.2, 0.25) is 0 Å². The molecule has 4 heteroatoms. The average Bonchev–Trinajstić information content (AvgIpc) is 2.03.